The lowest BCUT2D eigenvalue weighted by Gasteiger charge is -2.15. The Labute approximate surface area is 153 Å². The van der Waals surface area contributed by atoms with Crippen molar-refractivity contribution in [2.45, 2.75) is 38.4 Å². The van der Waals surface area contributed by atoms with Gasteiger partial charge in [-0.3, -0.25) is 4.79 Å². The average Bonchev–Trinajstić information content (AvgIpc) is 2.94. The quantitative estimate of drug-likeness (QED) is 0.655. The predicted molar refractivity (Wildman–Crippen MR) is 90.7 cm³/mol. The molecule has 0 aliphatic carbocycles. The number of unbranched alkanes of at least 4 members (excludes halogenated alkanes) is 2. The van der Waals surface area contributed by atoms with E-state index in [1.807, 2.05) is 6.07 Å². The van der Waals surface area contributed by atoms with E-state index in [1.54, 1.807) is 24.3 Å². The van der Waals surface area contributed by atoms with Gasteiger partial charge in [-0.15, -0.1) is 0 Å². The Hall–Kier alpha value is -2.46. The highest BCUT2D eigenvalue weighted by Crippen LogP contribution is 2.37. The Kier molecular flexibility index (Phi) is 6.32. The zero-order valence-corrected chi connectivity index (χ0v) is 14.4. The van der Waals surface area contributed by atoms with E-state index < -0.39 is 17.8 Å². The molecule has 8 heteroatoms. The van der Waals surface area contributed by atoms with Gasteiger partial charge < -0.3 is 9.67 Å². The number of carbonyl (C=O) groups is 1. The summed E-state index contributed by atoms with van der Waals surface area (Å²) < 4.78 is 41.3. The molecule has 1 heterocycles. The lowest BCUT2D eigenvalue weighted by Crippen LogP contribution is -2.14. The molecule has 0 amide bonds. The predicted octanol–water partition coefficient (Wildman–Crippen LogP) is 5.34. The van der Waals surface area contributed by atoms with Crippen molar-refractivity contribution in [3.8, 4) is 17.3 Å². The molecule has 0 fully saturated rings. The van der Waals surface area contributed by atoms with Gasteiger partial charge in [-0.25, -0.2) is 0 Å². The topological polar surface area (TPSA) is 66.0 Å². The molecule has 1 N–H and O–H groups in total. The summed E-state index contributed by atoms with van der Waals surface area (Å²) in [6.07, 6.45) is -3.39. The molecule has 26 heavy (non-hydrogen) atoms. The van der Waals surface area contributed by atoms with Gasteiger partial charge in [-0.1, -0.05) is 30.2 Å². The summed E-state index contributed by atoms with van der Waals surface area (Å²) in [5, 5.41) is 18.4. The summed E-state index contributed by atoms with van der Waals surface area (Å²) >= 11 is 5.83. The molecule has 4 nitrogen and oxygen atoms in total. The lowest BCUT2D eigenvalue weighted by molar-refractivity contribution is -0.143. The van der Waals surface area contributed by atoms with Gasteiger partial charge in [0.1, 0.15) is 11.8 Å². The minimum absolute atomic E-state index is 0.0225. The molecule has 0 aliphatic rings. The van der Waals surface area contributed by atoms with Gasteiger partial charge in [-0.05, 0) is 36.6 Å². The van der Waals surface area contributed by atoms with Crippen LogP contribution in [-0.4, -0.2) is 15.6 Å². The summed E-state index contributed by atoms with van der Waals surface area (Å²) in [6.45, 7) is 0.0358. The molecule has 0 radical (unpaired) electrons. The molecule has 0 saturated carbocycles. The minimum atomic E-state index is -4.60. The van der Waals surface area contributed by atoms with Gasteiger partial charge >= 0.3 is 12.1 Å². The molecule has 0 atom stereocenters. The van der Waals surface area contributed by atoms with Gasteiger partial charge in [0.05, 0.1) is 11.3 Å². The molecule has 1 aromatic carbocycles. The first kappa shape index (κ1) is 19.9. The number of aliphatic carboxylic acids is 1. The summed E-state index contributed by atoms with van der Waals surface area (Å²) in [6, 6.07) is 8.92. The van der Waals surface area contributed by atoms with Crippen LogP contribution in [0.4, 0.5) is 13.2 Å². The van der Waals surface area contributed by atoms with Crippen LogP contribution in [0.15, 0.2) is 30.3 Å². The first-order chi connectivity index (χ1) is 12.2. The zero-order chi connectivity index (χ0) is 19.3. The fraction of sp³-hybridized carbons (Fsp3) is 0.333. The number of alkyl halides is 3. The summed E-state index contributed by atoms with van der Waals surface area (Å²) in [5.41, 5.74) is -0.302. The molecule has 0 aliphatic heterocycles. The minimum Gasteiger partial charge on any atom is -0.481 e. The Balaban J connectivity index is 2.38. The van der Waals surface area contributed by atoms with Gasteiger partial charge in [0.2, 0.25) is 0 Å². The summed E-state index contributed by atoms with van der Waals surface area (Å²) in [4.78, 5) is 10.5. The second-order valence-electron chi connectivity index (χ2n) is 5.76. The van der Waals surface area contributed by atoms with Gasteiger partial charge in [-0.2, -0.15) is 18.4 Å². The molecule has 138 valence electrons. The molecule has 0 spiro atoms. The molecular weight excluding hydrogens is 369 g/mol. The van der Waals surface area contributed by atoms with E-state index in [-0.39, 0.29) is 24.2 Å². The lowest BCUT2D eigenvalue weighted by atomic mass is 10.1. The van der Waals surface area contributed by atoms with Crippen LogP contribution >= 0.6 is 11.6 Å². The third-order valence-corrected chi connectivity index (χ3v) is 4.15. The van der Waals surface area contributed by atoms with Gasteiger partial charge in [0.25, 0.3) is 0 Å². The van der Waals surface area contributed by atoms with Crippen LogP contribution < -0.4 is 0 Å². The molecule has 0 bridgehead atoms. The van der Waals surface area contributed by atoms with Crippen molar-refractivity contribution in [2.75, 3.05) is 0 Å². The number of nitriles is 1. The van der Waals surface area contributed by atoms with Crippen molar-refractivity contribution in [2.24, 2.45) is 0 Å². The normalized spacial score (nSPS) is 11.3. The third kappa shape index (κ3) is 4.79. The number of hydrogen-bond donors (Lipinski definition) is 1. The van der Waals surface area contributed by atoms with Crippen molar-refractivity contribution in [3.63, 3.8) is 0 Å². The maximum Gasteiger partial charge on any atom is 0.431 e. The highest BCUT2D eigenvalue weighted by atomic mass is 35.5. The van der Waals surface area contributed by atoms with Crippen LogP contribution in [0.3, 0.4) is 0 Å². The number of carboxylic acids is 1. The van der Waals surface area contributed by atoms with Crippen LogP contribution in [0, 0.1) is 11.3 Å². The maximum absolute atomic E-state index is 13.4. The second kappa shape index (κ2) is 8.28. The molecule has 0 unspecified atom stereocenters. The number of aromatic nitrogens is 1. The molecule has 2 aromatic rings. The first-order valence-corrected chi connectivity index (χ1v) is 8.30. The summed E-state index contributed by atoms with van der Waals surface area (Å²) in [5.74, 6) is -0.935. The average molecular weight is 385 g/mol. The van der Waals surface area contributed by atoms with Crippen molar-refractivity contribution < 1.29 is 23.1 Å². The molecule has 2 rings (SSSR count). The van der Waals surface area contributed by atoms with Crippen LogP contribution in [0.25, 0.3) is 11.3 Å². The zero-order valence-electron chi connectivity index (χ0n) is 13.7. The largest absolute Gasteiger partial charge is 0.481 e. The van der Waals surface area contributed by atoms with E-state index >= 15 is 0 Å². The maximum atomic E-state index is 13.4. The van der Waals surface area contributed by atoms with Crippen LogP contribution in [-0.2, 0) is 17.5 Å². The third-order valence-electron chi connectivity index (χ3n) is 3.90. The molecule has 0 saturated heterocycles. The number of benzene rings is 1. The van der Waals surface area contributed by atoms with Crippen molar-refractivity contribution >= 4 is 17.6 Å². The van der Waals surface area contributed by atoms with E-state index in [1.165, 1.54) is 0 Å². The van der Waals surface area contributed by atoms with Gasteiger partial charge in [0, 0.05) is 18.0 Å². The van der Waals surface area contributed by atoms with E-state index in [2.05, 4.69) is 0 Å². The van der Waals surface area contributed by atoms with Crippen LogP contribution in [0.2, 0.25) is 5.02 Å². The standard InChI is InChI=1S/C18H16ClF3N2O2/c19-14-7-5-12(6-8-14)17-13(11-23)10-15(18(20,21)22)24(17)9-3-1-2-4-16(25)26/h5-8,10H,1-4,9H2,(H,25,26). The number of rotatable bonds is 7. The Morgan fingerprint density at radius 3 is 2.38 bits per heavy atom. The van der Waals surface area contributed by atoms with Crippen molar-refractivity contribution in [1.29, 1.82) is 5.26 Å². The Morgan fingerprint density at radius 2 is 1.85 bits per heavy atom. The van der Waals surface area contributed by atoms with E-state index in [0.717, 1.165) is 10.6 Å². The van der Waals surface area contributed by atoms with Crippen molar-refractivity contribution in [1.82, 2.24) is 4.57 Å². The monoisotopic (exact) mass is 384 g/mol. The highest BCUT2D eigenvalue weighted by molar-refractivity contribution is 6.30. The summed E-state index contributed by atoms with van der Waals surface area (Å²) in [7, 11) is 0. The van der Waals surface area contributed by atoms with E-state index in [4.69, 9.17) is 16.7 Å². The Morgan fingerprint density at radius 1 is 1.19 bits per heavy atom. The Bertz CT molecular complexity index is 821. The SMILES string of the molecule is N#Cc1cc(C(F)(F)F)n(CCCCCC(=O)O)c1-c1ccc(Cl)cc1. The first-order valence-electron chi connectivity index (χ1n) is 7.92. The van der Waals surface area contributed by atoms with Crippen LogP contribution in [0.5, 0.6) is 0 Å². The van der Waals surface area contributed by atoms with Crippen molar-refractivity contribution in [3.05, 3.63) is 46.6 Å². The highest BCUT2D eigenvalue weighted by Gasteiger charge is 2.36. The smallest absolute Gasteiger partial charge is 0.431 e. The fourth-order valence-electron chi connectivity index (χ4n) is 2.74. The van der Waals surface area contributed by atoms with E-state index in [0.29, 0.717) is 29.8 Å². The second-order valence-corrected chi connectivity index (χ2v) is 6.20. The molecule has 1 aromatic heterocycles. The van der Waals surface area contributed by atoms with Crippen LogP contribution in [0.1, 0.15) is 36.9 Å². The number of halogens is 4. The van der Waals surface area contributed by atoms with E-state index in [9.17, 15) is 23.2 Å². The molecular formula is C18H16ClF3N2O2. The fourth-order valence-corrected chi connectivity index (χ4v) is 2.87. The van der Waals surface area contributed by atoms with Gasteiger partial charge in [0.15, 0.2) is 0 Å². The number of nitrogens with zero attached hydrogens (tertiary/aromatic N) is 2. The number of hydrogen-bond acceptors (Lipinski definition) is 2. The number of carboxylic acid groups (broad SMARTS) is 1.